The number of anilines is 1. The zero-order valence-corrected chi connectivity index (χ0v) is 16.6. The molecular formula is C19H24ClN3O4. The van der Waals surface area contributed by atoms with Crippen LogP contribution in [0.1, 0.15) is 20.8 Å². The van der Waals surface area contributed by atoms with Crippen LogP contribution in [0.2, 0.25) is 5.02 Å². The van der Waals surface area contributed by atoms with Gasteiger partial charge in [0, 0.05) is 42.7 Å². The lowest BCUT2D eigenvalue weighted by molar-refractivity contribution is -0.0944. The number of rotatable bonds is 0. The maximum Gasteiger partial charge on any atom is 0.410 e. The molecule has 3 heterocycles. The molecule has 0 aliphatic carbocycles. The molecule has 0 atom stereocenters. The van der Waals surface area contributed by atoms with Gasteiger partial charge in [-0.15, -0.1) is 0 Å². The quantitative estimate of drug-likeness (QED) is 0.679. The highest BCUT2D eigenvalue weighted by molar-refractivity contribution is 6.30. The van der Waals surface area contributed by atoms with Gasteiger partial charge in [0.1, 0.15) is 18.0 Å². The van der Waals surface area contributed by atoms with Crippen LogP contribution < -0.4 is 9.64 Å². The Morgan fingerprint density at radius 1 is 1.15 bits per heavy atom. The molecule has 1 spiro atoms. The van der Waals surface area contributed by atoms with Gasteiger partial charge < -0.3 is 19.3 Å². The largest absolute Gasteiger partial charge is 0.489 e. The summed E-state index contributed by atoms with van der Waals surface area (Å²) >= 11 is 6.01. The minimum absolute atomic E-state index is 0.0156. The van der Waals surface area contributed by atoms with E-state index in [1.807, 2.05) is 31.7 Å². The molecule has 1 aromatic carbocycles. The maximum absolute atomic E-state index is 12.9. The Balaban J connectivity index is 1.34. The highest BCUT2D eigenvalue weighted by atomic mass is 35.5. The van der Waals surface area contributed by atoms with Crippen molar-refractivity contribution in [2.24, 2.45) is 5.41 Å². The fraction of sp³-hybridized carbons (Fsp3) is 0.579. The first-order valence-electron chi connectivity index (χ1n) is 9.13. The smallest absolute Gasteiger partial charge is 0.410 e. The number of urea groups is 1. The fourth-order valence-electron chi connectivity index (χ4n) is 3.88. The van der Waals surface area contributed by atoms with Crippen LogP contribution in [-0.2, 0) is 4.74 Å². The summed E-state index contributed by atoms with van der Waals surface area (Å²) in [5, 5.41) is 0.586. The van der Waals surface area contributed by atoms with Crippen LogP contribution >= 0.6 is 11.6 Å². The lowest BCUT2D eigenvalue weighted by atomic mass is 9.73. The minimum Gasteiger partial charge on any atom is -0.489 e. The van der Waals surface area contributed by atoms with E-state index in [-0.39, 0.29) is 17.5 Å². The summed E-state index contributed by atoms with van der Waals surface area (Å²) in [6, 6.07) is 5.29. The molecule has 1 aromatic rings. The highest BCUT2D eigenvalue weighted by Crippen LogP contribution is 2.42. The Hall–Kier alpha value is -2.15. The van der Waals surface area contributed by atoms with E-state index in [0.717, 1.165) is 5.69 Å². The summed E-state index contributed by atoms with van der Waals surface area (Å²) in [4.78, 5) is 30.3. The summed E-state index contributed by atoms with van der Waals surface area (Å²) in [6.45, 7) is 9.14. The predicted molar refractivity (Wildman–Crippen MR) is 102 cm³/mol. The molecule has 0 unspecified atom stereocenters. The molecule has 3 aliphatic rings. The highest BCUT2D eigenvalue weighted by Gasteiger charge is 2.56. The van der Waals surface area contributed by atoms with E-state index in [1.165, 1.54) is 0 Å². The van der Waals surface area contributed by atoms with E-state index in [4.69, 9.17) is 21.1 Å². The Labute approximate surface area is 163 Å². The summed E-state index contributed by atoms with van der Waals surface area (Å²) in [6.07, 6.45) is -0.281. The number of hydrogen-bond donors (Lipinski definition) is 0. The number of halogens is 1. The Morgan fingerprint density at radius 2 is 1.81 bits per heavy atom. The van der Waals surface area contributed by atoms with Gasteiger partial charge in [-0.1, -0.05) is 11.6 Å². The summed E-state index contributed by atoms with van der Waals surface area (Å²) in [5.74, 6) is 0.636. The third-order valence-electron chi connectivity index (χ3n) is 5.04. The van der Waals surface area contributed by atoms with E-state index in [1.54, 1.807) is 21.9 Å². The lowest BCUT2D eigenvalue weighted by Gasteiger charge is -2.60. The molecule has 0 bridgehead atoms. The van der Waals surface area contributed by atoms with Crippen molar-refractivity contribution in [2.45, 2.75) is 26.4 Å². The van der Waals surface area contributed by atoms with E-state index in [9.17, 15) is 9.59 Å². The molecule has 0 N–H and O–H groups in total. The van der Waals surface area contributed by atoms with E-state index < -0.39 is 5.60 Å². The van der Waals surface area contributed by atoms with Crippen molar-refractivity contribution in [1.29, 1.82) is 0 Å². The van der Waals surface area contributed by atoms with Crippen molar-refractivity contribution in [2.75, 3.05) is 44.2 Å². The van der Waals surface area contributed by atoms with Gasteiger partial charge in [-0.3, -0.25) is 4.90 Å². The molecule has 3 amide bonds. The van der Waals surface area contributed by atoms with Crippen molar-refractivity contribution < 1.29 is 19.1 Å². The average Bonchev–Trinajstić information content (AvgIpc) is 2.49. The lowest BCUT2D eigenvalue weighted by Crippen LogP contribution is -2.74. The number of nitrogens with zero attached hydrogens (tertiary/aromatic N) is 3. The molecule has 8 heteroatoms. The first-order chi connectivity index (χ1) is 12.7. The van der Waals surface area contributed by atoms with Gasteiger partial charge in [-0.2, -0.15) is 0 Å². The standard InChI is InChI=1S/C19H24ClN3O4/c1-18(2,3)27-17(25)22-11-19(12-22)9-21(10-19)16(24)23-6-7-26-15-8-13(20)4-5-14(15)23/h4-5,8H,6-7,9-12H2,1-3H3. The van der Waals surface area contributed by atoms with Crippen LogP contribution in [0.4, 0.5) is 15.3 Å². The van der Waals surface area contributed by atoms with Crippen LogP contribution in [0.15, 0.2) is 18.2 Å². The van der Waals surface area contributed by atoms with Crippen molar-refractivity contribution in [1.82, 2.24) is 9.80 Å². The van der Waals surface area contributed by atoms with Crippen LogP contribution in [0.25, 0.3) is 0 Å². The molecule has 0 aromatic heterocycles. The monoisotopic (exact) mass is 393 g/mol. The third kappa shape index (κ3) is 3.40. The van der Waals surface area contributed by atoms with E-state index >= 15 is 0 Å². The van der Waals surface area contributed by atoms with Gasteiger partial charge in [0.2, 0.25) is 0 Å². The van der Waals surface area contributed by atoms with Crippen LogP contribution in [0.3, 0.4) is 0 Å². The van der Waals surface area contributed by atoms with Crippen molar-refractivity contribution >= 4 is 29.4 Å². The van der Waals surface area contributed by atoms with Gasteiger partial charge in [0.25, 0.3) is 0 Å². The molecule has 3 aliphatic heterocycles. The van der Waals surface area contributed by atoms with E-state index in [0.29, 0.717) is 50.1 Å². The first-order valence-corrected chi connectivity index (χ1v) is 9.50. The fourth-order valence-corrected chi connectivity index (χ4v) is 4.04. The number of benzene rings is 1. The number of carbonyl (C=O) groups is 2. The average molecular weight is 394 g/mol. The van der Waals surface area contributed by atoms with Gasteiger partial charge in [-0.25, -0.2) is 9.59 Å². The summed E-state index contributed by atoms with van der Waals surface area (Å²) in [7, 11) is 0. The second-order valence-electron chi connectivity index (χ2n) is 8.59. The Kier molecular flexibility index (Phi) is 4.18. The molecule has 0 radical (unpaired) electrons. The molecule has 146 valence electrons. The molecule has 27 heavy (non-hydrogen) atoms. The molecule has 7 nitrogen and oxygen atoms in total. The Morgan fingerprint density at radius 3 is 2.48 bits per heavy atom. The zero-order valence-electron chi connectivity index (χ0n) is 15.8. The van der Waals surface area contributed by atoms with Crippen LogP contribution in [0.5, 0.6) is 5.75 Å². The Bertz CT molecular complexity index is 778. The molecule has 2 saturated heterocycles. The predicted octanol–water partition coefficient (Wildman–Crippen LogP) is 3.21. The number of amides is 3. The van der Waals surface area contributed by atoms with Gasteiger partial charge >= 0.3 is 12.1 Å². The number of ether oxygens (including phenoxy) is 2. The topological polar surface area (TPSA) is 62.3 Å². The van der Waals surface area contributed by atoms with Crippen molar-refractivity contribution in [3.05, 3.63) is 23.2 Å². The second-order valence-corrected chi connectivity index (χ2v) is 9.02. The normalized spacial score (nSPS) is 20.4. The van der Waals surface area contributed by atoms with Crippen molar-refractivity contribution in [3.8, 4) is 5.75 Å². The van der Waals surface area contributed by atoms with Crippen molar-refractivity contribution in [3.63, 3.8) is 0 Å². The molecule has 2 fully saturated rings. The molecule has 4 rings (SSSR count). The first kappa shape index (κ1) is 18.2. The number of hydrogen-bond acceptors (Lipinski definition) is 4. The number of likely N-dealkylation sites (tertiary alicyclic amines) is 2. The summed E-state index contributed by atoms with van der Waals surface area (Å²) < 4.78 is 11.0. The van der Waals surface area contributed by atoms with Gasteiger partial charge in [-0.05, 0) is 32.9 Å². The number of fused-ring (bicyclic) bond motifs is 1. The number of carbonyl (C=O) groups excluding carboxylic acids is 2. The SMILES string of the molecule is CC(C)(C)OC(=O)N1CC2(C1)CN(C(=O)N1CCOc3cc(Cl)ccc31)C2. The summed E-state index contributed by atoms with van der Waals surface area (Å²) in [5.41, 5.74) is 0.274. The minimum atomic E-state index is -0.492. The maximum atomic E-state index is 12.9. The zero-order chi connectivity index (χ0) is 19.4. The van der Waals surface area contributed by atoms with Gasteiger partial charge in [0.15, 0.2) is 0 Å². The molecular weight excluding hydrogens is 370 g/mol. The van der Waals surface area contributed by atoms with Gasteiger partial charge in [0.05, 0.1) is 12.2 Å². The van der Waals surface area contributed by atoms with E-state index in [2.05, 4.69) is 0 Å². The van der Waals surface area contributed by atoms with Crippen LogP contribution in [-0.4, -0.2) is 66.9 Å². The van der Waals surface area contributed by atoms with Crippen LogP contribution in [0, 0.1) is 5.41 Å². The molecule has 0 saturated carbocycles. The second kappa shape index (κ2) is 6.19. The third-order valence-corrected chi connectivity index (χ3v) is 5.28.